The third kappa shape index (κ3) is 4.51. The topological polar surface area (TPSA) is 64.5 Å². The molecule has 0 aliphatic carbocycles. The van der Waals surface area contributed by atoms with Gasteiger partial charge in [-0.2, -0.15) is 0 Å². The lowest BCUT2D eigenvalue weighted by atomic mass is 10.0. The van der Waals surface area contributed by atoms with Crippen molar-refractivity contribution in [2.75, 3.05) is 6.61 Å². The Balaban J connectivity index is 1.51. The minimum absolute atomic E-state index is 0.169. The van der Waals surface area contributed by atoms with E-state index >= 15 is 0 Å². The van der Waals surface area contributed by atoms with Crippen molar-refractivity contribution in [2.24, 2.45) is 0 Å². The van der Waals surface area contributed by atoms with Gasteiger partial charge < -0.3 is 4.74 Å². The van der Waals surface area contributed by atoms with Crippen molar-refractivity contribution in [2.45, 2.75) is 13.5 Å². The largest absolute Gasteiger partial charge is 0.494 e. The van der Waals surface area contributed by atoms with Gasteiger partial charge in [0.15, 0.2) is 0 Å². The smallest absolute Gasteiger partial charge is 0.148 e. The average Bonchev–Trinajstić information content (AvgIpc) is 3.26. The molecule has 3 aromatic carbocycles. The van der Waals surface area contributed by atoms with E-state index in [1.165, 1.54) is 0 Å². The Bertz CT molecular complexity index is 1060. The zero-order valence-corrected chi connectivity index (χ0v) is 16.7. The van der Waals surface area contributed by atoms with Gasteiger partial charge in [-0.3, -0.25) is 5.26 Å². The van der Waals surface area contributed by atoms with Crippen molar-refractivity contribution in [1.82, 2.24) is 10.2 Å². The maximum absolute atomic E-state index is 8.54. The van der Waals surface area contributed by atoms with Gasteiger partial charge in [0.25, 0.3) is 0 Å². The van der Waals surface area contributed by atoms with Crippen LogP contribution in [0.15, 0.2) is 72.8 Å². The molecule has 0 aliphatic heterocycles. The molecule has 0 amide bonds. The summed E-state index contributed by atoms with van der Waals surface area (Å²) in [4.78, 5) is 4.16. The fraction of sp³-hybridized carbons (Fsp3) is 0.130. The van der Waals surface area contributed by atoms with Crippen LogP contribution in [0, 0.1) is 0 Å². The molecule has 1 N–H and O–H groups in total. The quantitative estimate of drug-likeness (QED) is 0.306. The van der Waals surface area contributed by atoms with Crippen LogP contribution in [0.1, 0.15) is 12.5 Å². The molecule has 0 radical (unpaired) electrons. The monoisotopic (exact) mass is 404 g/mol. The molecule has 29 heavy (non-hydrogen) atoms. The van der Waals surface area contributed by atoms with E-state index in [1.807, 2.05) is 43.3 Å². The highest BCUT2D eigenvalue weighted by Crippen LogP contribution is 2.31. The van der Waals surface area contributed by atoms with E-state index < -0.39 is 0 Å². The van der Waals surface area contributed by atoms with E-state index in [0.717, 1.165) is 43.6 Å². The third-order valence-corrected chi connectivity index (χ3v) is 5.51. The number of hydrogen-bond acceptors (Lipinski definition) is 6. The summed E-state index contributed by atoms with van der Waals surface area (Å²) in [6.45, 7) is 2.81. The molecule has 0 spiro atoms. The minimum Gasteiger partial charge on any atom is -0.494 e. The van der Waals surface area contributed by atoms with Crippen LogP contribution >= 0.6 is 11.3 Å². The Kier molecular flexibility index (Phi) is 5.95. The Morgan fingerprint density at radius 3 is 1.72 bits per heavy atom. The van der Waals surface area contributed by atoms with Crippen molar-refractivity contribution in [3.63, 3.8) is 0 Å². The molecule has 0 fully saturated rings. The van der Waals surface area contributed by atoms with Crippen LogP contribution in [0.5, 0.6) is 5.75 Å². The normalized spacial score (nSPS) is 10.8. The molecule has 6 heteroatoms. The molecule has 0 saturated heterocycles. The Labute approximate surface area is 173 Å². The minimum atomic E-state index is 0.169. The summed E-state index contributed by atoms with van der Waals surface area (Å²) >= 11 is 1.55. The van der Waals surface area contributed by atoms with Crippen molar-refractivity contribution < 1.29 is 14.9 Å². The molecule has 1 heterocycles. The van der Waals surface area contributed by atoms with E-state index in [-0.39, 0.29) is 6.61 Å². The van der Waals surface area contributed by atoms with Gasteiger partial charge in [-0.15, -0.1) is 10.2 Å². The third-order valence-electron chi connectivity index (χ3n) is 4.49. The van der Waals surface area contributed by atoms with E-state index in [4.69, 9.17) is 9.99 Å². The molecule has 1 aromatic heterocycles. The van der Waals surface area contributed by atoms with Gasteiger partial charge in [0.2, 0.25) is 0 Å². The van der Waals surface area contributed by atoms with E-state index in [1.54, 1.807) is 11.3 Å². The second-order valence-corrected chi connectivity index (χ2v) is 7.39. The van der Waals surface area contributed by atoms with Crippen LogP contribution in [0.4, 0.5) is 0 Å². The predicted molar refractivity (Wildman–Crippen MR) is 115 cm³/mol. The van der Waals surface area contributed by atoms with Crippen LogP contribution in [0.3, 0.4) is 0 Å². The summed E-state index contributed by atoms with van der Waals surface area (Å²) in [6.07, 6.45) is 0. The second kappa shape index (κ2) is 8.96. The lowest BCUT2D eigenvalue weighted by molar-refractivity contribution is -0.253. The molecule has 0 aliphatic rings. The van der Waals surface area contributed by atoms with E-state index in [2.05, 4.69) is 51.5 Å². The van der Waals surface area contributed by atoms with Gasteiger partial charge in [-0.25, -0.2) is 4.89 Å². The fourth-order valence-electron chi connectivity index (χ4n) is 2.99. The number of ether oxygens (including phenoxy) is 1. The van der Waals surface area contributed by atoms with Crippen molar-refractivity contribution in [3.05, 3.63) is 78.4 Å². The summed E-state index contributed by atoms with van der Waals surface area (Å²) in [7, 11) is 0. The Morgan fingerprint density at radius 1 is 0.724 bits per heavy atom. The van der Waals surface area contributed by atoms with Crippen LogP contribution < -0.4 is 4.74 Å². The Morgan fingerprint density at radius 2 is 1.21 bits per heavy atom. The van der Waals surface area contributed by atoms with E-state index in [9.17, 15) is 0 Å². The first-order valence-corrected chi connectivity index (χ1v) is 10.1. The van der Waals surface area contributed by atoms with Crippen molar-refractivity contribution in [3.8, 4) is 38.0 Å². The van der Waals surface area contributed by atoms with Gasteiger partial charge >= 0.3 is 0 Å². The van der Waals surface area contributed by atoms with Gasteiger partial charge in [0.1, 0.15) is 22.4 Å². The number of aromatic nitrogens is 2. The number of nitrogens with zero attached hydrogens (tertiary/aromatic N) is 2. The van der Waals surface area contributed by atoms with Gasteiger partial charge in [0.05, 0.1) is 6.61 Å². The molecule has 0 unspecified atom stereocenters. The summed E-state index contributed by atoms with van der Waals surface area (Å²) in [5, 5.41) is 18.9. The molecule has 5 nitrogen and oxygen atoms in total. The number of rotatable bonds is 7. The number of hydrogen-bond donors (Lipinski definition) is 1. The lowest BCUT2D eigenvalue weighted by Gasteiger charge is -2.06. The van der Waals surface area contributed by atoms with Crippen LogP contribution in [0.25, 0.3) is 32.3 Å². The highest BCUT2D eigenvalue weighted by atomic mass is 32.1. The zero-order chi connectivity index (χ0) is 20.1. The van der Waals surface area contributed by atoms with E-state index in [0.29, 0.717) is 6.61 Å². The second-order valence-electron chi connectivity index (χ2n) is 6.42. The highest BCUT2D eigenvalue weighted by Gasteiger charge is 2.09. The zero-order valence-electron chi connectivity index (χ0n) is 15.9. The molecule has 0 saturated carbocycles. The molecular weight excluding hydrogens is 384 g/mol. The fourth-order valence-corrected chi connectivity index (χ4v) is 3.84. The molecular formula is C23H20N2O3S. The Hall–Kier alpha value is -3.06. The first kappa shape index (κ1) is 19.3. The maximum atomic E-state index is 8.54. The lowest BCUT2D eigenvalue weighted by Crippen LogP contribution is -1.90. The molecule has 0 atom stereocenters. The summed E-state index contributed by atoms with van der Waals surface area (Å²) in [6, 6.07) is 24.1. The van der Waals surface area contributed by atoms with Gasteiger partial charge in [-0.05, 0) is 35.7 Å². The molecule has 0 bridgehead atoms. The van der Waals surface area contributed by atoms with Crippen LogP contribution in [-0.4, -0.2) is 22.1 Å². The number of benzene rings is 3. The van der Waals surface area contributed by atoms with Gasteiger partial charge in [0, 0.05) is 11.1 Å². The van der Waals surface area contributed by atoms with Crippen molar-refractivity contribution >= 4 is 11.3 Å². The average molecular weight is 404 g/mol. The van der Waals surface area contributed by atoms with Crippen LogP contribution in [0.2, 0.25) is 0 Å². The maximum Gasteiger partial charge on any atom is 0.148 e. The first-order chi connectivity index (χ1) is 14.3. The SMILES string of the molecule is CCOc1ccc(-c2ccc(-c3nnc(-c4ccc(COO)cc4)s3)cc2)cc1. The van der Waals surface area contributed by atoms with Crippen molar-refractivity contribution in [1.29, 1.82) is 0 Å². The molecule has 4 rings (SSSR count). The molecule has 4 aromatic rings. The first-order valence-electron chi connectivity index (χ1n) is 9.29. The molecule has 146 valence electrons. The van der Waals surface area contributed by atoms with Gasteiger partial charge in [-0.1, -0.05) is 72.0 Å². The predicted octanol–water partition coefficient (Wildman–Crippen LogP) is 5.93. The summed E-state index contributed by atoms with van der Waals surface area (Å²) < 4.78 is 5.50. The standard InChI is InChI=1S/C23H20N2O3S/c1-2-27-21-13-11-18(12-14-21)17-7-9-20(10-8-17)23-25-24-22(29-23)19-5-3-16(4-6-19)15-28-26/h3-14,26H,2,15H2,1H3. The van der Waals surface area contributed by atoms with Crippen LogP contribution in [-0.2, 0) is 11.5 Å². The summed E-state index contributed by atoms with van der Waals surface area (Å²) in [5.74, 6) is 0.881. The highest BCUT2D eigenvalue weighted by molar-refractivity contribution is 7.17. The summed E-state index contributed by atoms with van der Waals surface area (Å²) in [5.41, 5.74) is 5.20.